The van der Waals surface area contributed by atoms with Crippen LogP contribution in [0.2, 0.25) is 8.86 Å². The van der Waals surface area contributed by atoms with Crippen molar-refractivity contribution in [2.75, 3.05) is 0 Å². The second-order valence-corrected chi connectivity index (χ2v) is 10.8. The third-order valence-electron chi connectivity index (χ3n) is 1.37. The zero-order valence-electron chi connectivity index (χ0n) is 4.39. The van der Waals surface area contributed by atoms with Crippen LogP contribution in [0, 0.1) is 0 Å². The first kappa shape index (κ1) is 5.67. The molecule has 0 saturated carbocycles. The van der Waals surface area contributed by atoms with Crippen LogP contribution < -0.4 is 0 Å². The Morgan fingerprint density at radius 2 is 2.57 bits per heavy atom. The van der Waals surface area contributed by atoms with E-state index in [4.69, 9.17) is 0 Å². The van der Waals surface area contributed by atoms with E-state index in [0.717, 1.165) is 4.18 Å². The van der Waals surface area contributed by atoms with E-state index in [2.05, 4.69) is 4.68 Å². The van der Waals surface area contributed by atoms with Crippen molar-refractivity contribution in [3.05, 3.63) is 12.2 Å². The number of rotatable bonds is 0. The average Bonchev–Trinajstić information content (AvgIpc) is 1.91. The van der Waals surface area contributed by atoms with Gasteiger partial charge in [0.15, 0.2) is 0 Å². The molecular weight excluding hydrogens is 194 g/mol. The van der Waals surface area contributed by atoms with Crippen molar-refractivity contribution in [3.63, 3.8) is 0 Å². The van der Waals surface area contributed by atoms with Crippen molar-refractivity contribution in [3.8, 4) is 0 Å². The number of hydrogen-bond acceptors (Lipinski definition) is 0. The molecule has 7 heavy (non-hydrogen) atoms. The molecule has 1 unspecified atom stereocenters. The molecule has 1 aliphatic heterocycles. The Kier molecular flexibility index (Phi) is 1.79. The summed E-state index contributed by atoms with van der Waals surface area (Å²) in [6.45, 7) is 0. The average molecular weight is 202 g/mol. The van der Waals surface area contributed by atoms with Gasteiger partial charge in [0, 0.05) is 0 Å². The fourth-order valence-electron chi connectivity index (χ4n) is 0.743. The van der Waals surface area contributed by atoms with E-state index in [-0.39, 0.29) is 0 Å². The van der Waals surface area contributed by atoms with E-state index >= 15 is 0 Å². The standard InChI is InChI=1S/C4H5F.CH3.In/c1-2-3-4-5;;/h2-4H,1H2;1H3;. The van der Waals surface area contributed by atoms with Crippen molar-refractivity contribution in [2.24, 2.45) is 0 Å². The van der Waals surface area contributed by atoms with Gasteiger partial charge >= 0.3 is 50.8 Å². The zero-order valence-corrected chi connectivity index (χ0v) is 7.69. The van der Waals surface area contributed by atoms with Gasteiger partial charge in [-0.25, -0.2) is 0 Å². The topological polar surface area (TPSA) is 0 Å². The summed E-state index contributed by atoms with van der Waals surface area (Å²) in [6.07, 6.45) is 3.71. The molecule has 0 aromatic carbocycles. The number of alkyl halides is 1. The van der Waals surface area contributed by atoms with E-state index in [1.54, 1.807) is 6.08 Å². The van der Waals surface area contributed by atoms with Gasteiger partial charge in [-0.2, -0.15) is 0 Å². The minimum absolute atomic E-state index is 0.457. The maximum atomic E-state index is 12.3. The van der Waals surface area contributed by atoms with E-state index < -0.39 is 25.4 Å². The molecule has 2 heteroatoms. The van der Waals surface area contributed by atoms with Gasteiger partial charge in [0.1, 0.15) is 0 Å². The van der Waals surface area contributed by atoms with Crippen LogP contribution >= 0.6 is 0 Å². The molecule has 0 saturated heterocycles. The molecule has 1 rings (SSSR count). The third-order valence-corrected chi connectivity index (χ3v) is 8.01. The van der Waals surface area contributed by atoms with Gasteiger partial charge in [-0.3, -0.25) is 0 Å². The molecule has 0 nitrogen and oxygen atoms in total. The minimum atomic E-state index is -1.51. The molecule has 1 heterocycles. The van der Waals surface area contributed by atoms with Crippen molar-refractivity contribution in [1.82, 2.24) is 0 Å². The molecular formula is C5H8FIn. The van der Waals surface area contributed by atoms with Gasteiger partial charge in [0.2, 0.25) is 0 Å². The fraction of sp³-hybridized carbons (Fsp3) is 0.600. The van der Waals surface area contributed by atoms with Crippen LogP contribution in [-0.4, -0.2) is 25.4 Å². The molecule has 0 bridgehead atoms. The fourth-order valence-corrected chi connectivity index (χ4v) is 4.69. The normalized spacial score (nSPS) is 29.4. The van der Waals surface area contributed by atoms with Gasteiger partial charge < -0.3 is 0 Å². The Morgan fingerprint density at radius 1 is 1.86 bits per heavy atom. The molecule has 0 aromatic heterocycles. The van der Waals surface area contributed by atoms with Crippen LogP contribution in [0.15, 0.2) is 12.2 Å². The molecule has 1 aliphatic rings. The Bertz CT molecular complexity index is 90.1. The van der Waals surface area contributed by atoms with Gasteiger partial charge in [0.25, 0.3) is 0 Å². The van der Waals surface area contributed by atoms with Crippen LogP contribution in [-0.2, 0) is 0 Å². The van der Waals surface area contributed by atoms with Crippen LogP contribution in [0.3, 0.4) is 0 Å². The zero-order chi connectivity index (χ0) is 5.28. The summed E-state index contributed by atoms with van der Waals surface area (Å²) in [5, 5.41) is 0. The molecule has 0 N–H and O–H groups in total. The maximum absolute atomic E-state index is 12.3. The van der Waals surface area contributed by atoms with Crippen LogP contribution in [0.25, 0.3) is 0 Å². The van der Waals surface area contributed by atoms with Crippen LogP contribution in [0.4, 0.5) is 4.39 Å². The van der Waals surface area contributed by atoms with Crippen molar-refractivity contribution in [2.45, 2.75) is 12.8 Å². The van der Waals surface area contributed by atoms with Crippen molar-refractivity contribution in [1.29, 1.82) is 0 Å². The van der Waals surface area contributed by atoms with E-state index in [9.17, 15) is 4.39 Å². The predicted octanol–water partition coefficient (Wildman–Crippen LogP) is 1.56. The quantitative estimate of drug-likeness (QED) is 0.522. The third kappa shape index (κ3) is 1.21. The van der Waals surface area contributed by atoms with Crippen molar-refractivity contribution < 1.29 is 4.39 Å². The van der Waals surface area contributed by atoms with E-state index in [0.29, 0.717) is 0 Å². The van der Waals surface area contributed by atoms with Crippen LogP contribution in [0.5, 0.6) is 0 Å². The first-order valence-corrected chi connectivity index (χ1v) is 10.1. The predicted molar refractivity (Wildman–Crippen MR) is 30.5 cm³/mol. The molecule has 1 atom stereocenters. The summed E-state index contributed by atoms with van der Waals surface area (Å²) in [5.74, 6) is 0. The molecule has 38 valence electrons. The molecule has 0 spiro atoms. The summed E-state index contributed by atoms with van der Waals surface area (Å²) in [5.41, 5.74) is 0. The molecule has 0 aromatic rings. The summed E-state index contributed by atoms with van der Waals surface area (Å²) >= 11 is -1.51. The summed E-state index contributed by atoms with van der Waals surface area (Å²) < 4.78 is 15.1. The molecule has 0 aliphatic carbocycles. The first-order chi connectivity index (χ1) is 3.30. The number of hydrogen-bond donors (Lipinski definition) is 0. The summed E-state index contributed by atoms with van der Waals surface area (Å²) in [6, 6.07) is 0. The van der Waals surface area contributed by atoms with Crippen molar-refractivity contribution >= 4 is 21.4 Å². The Morgan fingerprint density at radius 3 is 2.71 bits per heavy atom. The molecule has 0 fully saturated rings. The monoisotopic (exact) mass is 202 g/mol. The van der Waals surface area contributed by atoms with Gasteiger partial charge in [-0.1, -0.05) is 0 Å². The second kappa shape index (κ2) is 2.21. The summed E-state index contributed by atoms with van der Waals surface area (Å²) in [7, 11) is 0. The van der Waals surface area contributed by atoms with Gasteiger partial charge in [-0.05, 0) is 0 Å². The summed E-state index contributed by atoms with van der Waals surface area (Å²) in [4.78, 5) is 0. The molecule has 0 amide bonds. The van der Waals surface area contributed by atoms with Gasteiger partial charge in [0.05, 0.1) is 0 Å². The van der Waals surface area contributed by atoms with Gasteiger partial charge in [-0.15, -0.1) is 0 Å². The van der Waals surface area contributed by atoms with E-state index in [1.165, 1.54) is 0 Å². The van der Waals surface area contributed by atoms with E-state index in [1.807, 2.05) is 6.08 Å². The number of halogens is 1. The number of allylic oxidation sites excluding steroid dienone is 2. The molecule has 0 radical (unpaired) electrons. The Balaban J connectivity index is 2.45. The first-order valence-electron chi connectivity index (χ1n) is 2.61. The van der Waals surface area contributed by atoms with Crippen LogP contribution in [0.1, 0.15) is 0 Å². The second-order valence-electron chi connectivity index (χ2n) is 2.09. The Hall–Kier alpha value is 0.540. The Labute approximate surface area is 50.9 Å². The SMILES string of the molecule is [CH3][In]1[CH2]C=C[CH]1F.